The zero-order valence-corrected chi connectivity index (χ0v) is 17.8. The molecule has 30 heavy (non-hydrogen) atoms. The van der Waals surface area contributed by atoms with Gasteiger partial charge in [-0.2, -0.15) is 4.98 Å². The lowest BCUT2D eigenvalue weighted by molar-refractivity contribution is -0.118. The molecule has 9 heteroatoms. The topological polar surface area (TPSA) is 105 Å². The van der Waals surface area contributed by atoms with Crippen molar-refractivity contribution in [1.29, 1.82) is 0 Å². The van der Waals surface area contributed by atoms with Crippen molar-refractivity contribution in [2.75, 3.05) is 24.8 Å². The number of nitrogens with one attached hydrogen (secondary N) is 3. The highest BCUT2D eigenvalue weighted by atomic mass is 32.2. The number of carbonyl (C=O) groups excluding carboxylic acids is 2. The predicted molar refractivity (Wildman–Crippen MR) is 116 cm³/mol. The molecule has 1 fully saturated rings. The Morgan fingerprint density at radius 2 is 1.97 bits per heavy atom. The molecule has 0 atom stereocenters. The lowest BCUT2D eigenvalue weighted by Crippen LogP contribution is -2.32. The van der Waals surface area contributed by atoms with Crippen LogP contribution in [0, 0.1) is 5.92 Å². The molecule has 1 heterocycles. The largest absolute Gasteiger partial charge is 0.481 e. The number of rotatable bonds is 9. The Morgan fingerprint density at radius 1 is 1.17 bits per heavy atom. The van der Waals surface area contributed by atoms with Gasteiger partial charge in [-0.05, 0) is 30.9 Å². The molecule has 3 rings (SSSR count). The molecule has 0 bridgehead atoms. The fourth-order valence-electron chi connectivity index (χ4n) is 3.32. The number of hydrazine groups is 1. The van der Waals surface area contributed by atoms with Crippen LogP contribution in [0.3, 0.4) is 0 Å². The molecule has 1 aromatic carbocycles. The minimum Gasteiger partial charge on any atom is -0.481 e. The van der Waals surface area contributed by atoms with Gasteiger partial charge in [-0.3, -0.25) is 20.4 Å². The summed E-state index contributed by atoms with van der Waals surface area (Å²) in [5.74, 6) is 1.11. The fraction of sp³-hybridized carbons (Fsp3) is 0.429. The maximum absolute atomic E-state index is 12.6. The molecule has 160 valence electrons. The van der Waals surface area contributed by atoms with Crippen LogP contribution in [0.25, 0.3) is 0 Å². The number of carbonyl (C=O) groups is 2. The Labute approximate surface area is 180 Å². The maximum Gasteiger partial charge on any atom is 0.270 e. The number of aromatic nitrogens is 2. The van der Waals surface area contributed by atoms with E-state index in [1.165, 1.54) is 57.2 Å². The summed E-state index contributed by atoms with van der Waals surface area (Å²) < 4.78 is 5.03. The summed E-state index contributed by atoms with van der Waals surface area (Å²) in [6.45, 7) is 0.742. The van der Waals surface area contributed by atoms with Crippen LogP contribution in [0.15, 0.2) is 41.4 Å². The third-order valence-corrected chi connectivity index (χ3v) is 6.00. The van der Waals surface area contributed by atoms with Gasteiger partial charge in [0, 0.05) is 23.7 Å². The second-order valence-corrected chi connectivity index (χ2v) is 8.11. The zero-order valence-electron chi connectivity index (χ0n) is 17.0. The number of hydrogen-bond donors (Lipinski definition) is 3. The van der Waals surface area contributed by atoms with E-state index in [1.807, 2.05) is 12.1 Å². The van der Waals surface area contributed by atoms with Gasteiger partial charge in [-0.15, -0.1) is 11.8 Å². The molecule has 2 aromatic rings. The van der Waals surface area contributed by atoms with Gasteiger partial charge in [0.1, 0.15) is 0 Å². The standard InChI is InChI=1S/C21H27N5O3S/c1-29-19-11-12-22-21(24-19)26-25-20(28)16-9-5-6-10-17(16)30-14-18(27)23-13-15-7-3-2-4-8-15/h5-6,9-12,15H,2-4,7-8,13-14H2,1H3,(H,23,27)(H,25,28)(H,22,24,26). The van der Waals surface area contributed by atoms with E-state index < -0.39 is 0 Å². The van der Waals surface area contributed by atoms with Crippen LogP contribution in [0.1, 0.15) is 42.5 Å². The van der Waals surface area contributed by atoms with Gasteiger partial charge in [0.05, 0.1) is 18.4 Å². The third-order valence-electron chi connectivity index (χ3n) is 4.93. The van der Waals surface area contributed by atoms with Crippen LogP contribution in [0.5, 0.6) is 5.88 Å². The molecule has 0 spiro atoms. The Hall–Kier alpha value is -2.81. The smallest absolute Gasteiger partial charge is 0.270 e. The normalized spacial score (nSPS) is 14.0. The van der Waals surface area contributed by atoms with Crippen molar-refractivity contribution in [3.8, 4) is 5.88 Å². The number of benzene rings is 1. The fourth-order valence-corrected chi connectivity index (χ4v) is 4.20. The molecule has 0 saturated heterocycles. The number of amides is 2. The lowest BCUT2D eigenvalue weighted by atomic mass is 9.89. The van der Waals surface area contributed by atoms with Crippen molar-refractivity contribution >= 4 is 29.5 Å². The molecule has 1 aliphatic carbocycles. The molecule has 0 unspecified atom stereocenters. The minimum atomic E-state index is -0.341. The maximum atomic E-state index is 12.6. The average Bonchev–Trinajstić information content (AvgIpc) is 2.81. The summed E-state index contributed by atoms with van der Waals surface area (Å²) >= 11 is 1.35. The summed E-state index contributed by atoms with van der Waals surface area (Å²) in [5.41, 5.74) is 5.73. The molecule has 1 saturated carbocycles. The number of hydrogen-bond acceptors (Lipinski definition) is 7. The molecule has 1 aliphatic rings. The highest BCUT2D eigenvalue weighted by Crippen LogP contribution is 2.24. The van der Waals surface area contributed by atoms with E-state index in [1.54, 1.807) is 18.2 Å². The van der Waals surface area contributed by atoms with Gasteiger partial charge in [-0.25, -0.2) is 4.98 Å². The van der Waals surface area contributed by atoms with Crippen LogP contribution >= 0.6 is 11.8 Å². The molecule has 8 nitrogen and oxygen atoms in total. The summed E-state index contributed by atoms with van der Waals surface area (Å²) in [7, 11) is 1.50. The predicted octanol–water partition coefficient (Wildman–Crippen LogP) is 3.03. The minimum absolute atomic E-state index is 0.0105. The first-order chi connectivity index (χ1) is 14.7. The van der Waals surface area contributed by atoms with Gasteiger partial charge >= 0.3 is 0 Å². The van der Waals surface area contributed by atoms with Crippen LogP contribution in [0.4, 0.5) is 5.95 Å². The van der Waals surface area contributed by atoms with Crippen molar-refractivity contribution in [3.63, 3.8) is 0 Å². The van der Waals surface area contributed by atoms with Crippen molar-refractivity contribution < 1.29 is 14.3 Å². The van der Waals surface area contributed by atoms with E-state index in [4.69, 9.17) is 4.74 Å². The van der Waals surface area contributed by atoms with E-state index >= 15 is 0 Å². The van der Waals surface area contributed by atoms with Gasteiger partial charge < -0.3 is 10.1 Å². The van der Waals surface area contributed by atoms with Gasteiger partial charge in [0.25, 0.3) is 5.91 Å². The van der Waals surface area contributed by atoms with Gasteiger partial charge in [-0.1, -0.05) is 31.4 Å². The summed E-state index contributed by atoms with van der Waals surface area (Å²) in [5, 5.41) is 3.03. The quantitative estimate of drug-likeness (QED) is 0.416. The number of methoxy groups -OCH3 is 1. The highest BCUT2D eigenvalue weighted by molar-refractivity contribution is 8.00. The van der Waals surface area contributed by atoms with E-state index in [2.05, 4.69) is 26.1 Å². The Balaban J connectivity index is 1.50. The van der Waals surface area contributed by atoms with Gasteiger partial charge in [0.15, 0.2) is 0 Å². The van der Waals surface area contributed by atoms with E-state index in [0.717, 1.165) is 11.4 Å². The van der Waals surface area contributed by atoms with E-state index in [-0.39, 0.29) is 23.5 Å². The van der Waals surface area contributed by atoms with Crippen LogP contribution < -0.4 is 20.9 Å². The van der Waals surface area contributed by atoms with Crippen LogP contribution in [-0.4, -0.2) is 41.2 Å². The Morgan fingerprint density at radius 3 is 2.77 bits per heavy atom. The molecule has 1 aromatic heterocycles. The number of ether oxygens (including phenoxy) is 1. The van der Waals surface area contributed by atoms with Crippen LogP contribution in [0.2, 0.25) is 0 Å². The highest BCUT2D eigenvalue weighted by Gasteiger charge is 2.16. The average molecular weight is 430 g/mol. The molecular weight excluding hydrogens is 402 g/mol. The van der Waals surface area contributed by atoms with Crippen molar-refractivity contribution in [2.24, 2.45) is 5.92 Å². The Bertz CT molecular complexity index is 858. The monoisotopic (exact) mass is 429 g/mol. The lowest BCUT2D eigenvalue weighted by Gasteiger charge is -2.21. The van der Waals surface area contributed by atoms with E-state index in [0.29, 0.717) is 17.4 Å². The number of nitrogens with zero attached hydrogens (tertiary/aromatic N) is 2. The molecule has 0 radical (unpaired) electrons. The van der Waals surface area contributed by atoms with Crippen molar-refractivity contribution in [3.05, 3.63) is 42.1 Å². The SMILES string of the molecule is COc1ccnc(NNC(=O)c2ccccc2SCC(=O)NCC2CCCCC2)n1. The molecular formula is C21H27N5O3S. The zero-order chi connectivity index (χ0) is 21.2. The number of thioether (sulfide) groups is 1. The summed E-state index contributed by atoms with van der Waals surface area (Å²) in [4.78, 5) is 33.7. The molecule has 0 aliphatic heterocycles. The number of anilines is 1. The summed E-state index contributed by atoms with van der Waals surface area (Å²) in [6, 6.07) is 8.78. The van der Waals surface area contributed by atoms with Crippen molar-refractivity contribution in [2.45, 2.75) is 37.0 Å². The third kappa shape index (κ3) is 6.62. The molecule has 2 amide bonds. The first kappa shape index (κ1) is 21.9. The second-order valence-electron chi connectivity index (χ2n) is 7.09. The van der Waals surface area contributed by atoms with Crippen LogP contribution in [-0.2, 0) is 4.79 Å². The Kier molecular flexibility index (Phi) is 8.31. The second kappa shape index (κ2) is 11.4. The summed E-state index contributed by atoms with van der Waals surface area (Å²) in [6.07, 6.45) is 7.73. The van der Waals surface area contributed by atoms with Gasteiger partial charge in [0.2, 0.25) is 17.7 Å². The van der Waals surface area contributed by atoms with E-state index in [9.17, 15) is 9.59 Å². The first-order valence-electron chi connectivity index (χ1n) is 10.1. The van der Waals surface area contributed by atoms with Crippen molar-refractivity contribution in [1.82, 2.24) is 20.7 Å². The molecule has 3 N–H and O–H groups in total. The first-order valence-corrected chi connectivity index (χ1v) is 11.1.